The quantitative estimate of drug-likeness (QED) is 0.469. The van der Waals surface area contributed by atoms with Crippen molar-refractivity contribution in [1.29, 1.82) is 0 Å². The zero-order valence-corrected chi connectivity index (χ0v) is 17.5. The van der Waals surface area contributed by atoms with Crippen molar-refractivity contribution in [2.45, 2.75) is 24.6 Å². The molecule has 0 bridgehead atoms. The number of hydrogen-bond donors (Lipinski definition) is 3. The van der Waals surface area contributed by atoms with Crippen molar-refractivity contribution in [2.24, 2.45) is 5.73 Å². The first-order valence-corrected chi connectivity index (χ1v) is 10.2. The number of aliphatic carboxylic acids is 1. The zero-order valence-electron chi connectivity index (χ0n) is 17.5. The Labute approximate surface area is 189 Å². The second-order valence-electron chi connectivity index (χ2n) is 7.64. The number of halogens is 3. The summed E-state index contributed by atoms with van der Waals surface area (Å²) in [6.45, 7) is -0.612. The van der Waals surface area contributed by atoms with Crippen molar-refractivity contribution in [3.8, 4) is 11.1 Å². The first kappa shape index (κ1) is 24.0. The van der Waals surface area contributed by atoms with Gasteiger partial charge >= 0.3 is 12.1 Å². The van der Waals surface area contributed by atoms with Gasteiger partial charge in [0, 0.05) is 12.1 Å². The lowest BCUT2D eigenvalue weighted by Gasteiger charge is -2.21. The van der Waals surface area contributed by atoms with Crippen LogP contribution in [0, 0.1) is 0 Å². The van der Waals surface area contributed by atoms with Crippen LogP contribution in [0.4, 0.5) is 13.2 Å². The van der Waals surface area contributed by atoms with Crippen LogP contribution in [-0.2, 0) is 11.2 Å². The average Bonchev–Trinajstić information content (AvgIpc) is 2.79. The molecule has 0 spiro atoms. The largest absolute Gasteiger partial charge is 0.480 e. The summed E-state index contributed by atoms with van der Waals surface area (Å²) in [6.07, 6.45) is -4.47. The lowest BCUT2D eigenvalue weighted by molar-refractivity contribution is -0.149. The summed E-state index contributed by atoms with van der Waals surface area (Å²) in [7, 11) is 0. The molecule has 0 aromatic heterocycles. The summed E-state index contributed by atoms with van der Waals surface area (Å²) in [5.41, 5.74) is 8.01. The lowest BCUT2D eigenvalue weighted by Crippen LogP contribution is -2.35. The van der Waals surface area contributed by atoms with Crippen LogP contribution in [0.5, 0.6) is 0 Å². The topological polar surface area (TPSA) is 92.4 Å². The molecule has 3 aromatic carbocycles. The maximum Gasteiger partial charge on any atom is 0.397 e. The van der Waals surface area contributed by atoms with Gasteiger partial charge in [-0.15, -0.1) is 0 Å². The second-order valence-corrected chi connectivity index (χ2v) is 7.64. The number of carboxylic acids is 1. The average molecular weight is 456 g/mol. The Balaban J connectivity index is 1.67. The molecule has 1 amide bonds. The number of nitrogens with one attached hydrogen (secondary N) is 1. The third kappa shape index (κ3) is 6.43. The van der Waals surface area contributed by atoms with Crippen molar-refractivity contribution < 1.29 is 27.9 Å². The van der Waals surface area contributed by atoms with E-state index >= 15 is 0 Å². The van der Waals surface area contributed by atoms with Gasteiger partial charge in [-0.25, -0.2) is 0 Å². The number of nitrogens with two attached hydrogens (primary N) is 1. The fraction of sp³-hybridized carbons (Fsp3) is 0.200. The number of benzene rings is 3. The van der Waals surface area contributed by atoms with Crippen LogP contribution in [0.25, 0.3) is 11.1 Å². The number of alkyl halides is 3. The molecule has 0 radical (unpaired) electrons. The van der Waals surface area contributed by atoms with E-state index in [-0.39, 0.29) is 17.5 Å². The normalized spacial score (nSPS) is 13.2. The molecule has 0 aliphatic rings. The van der Waals surface area contributed by atoms with E-state index in [1.807, 2.05) is 30.3 Å². The standard InChI is InChI=1S/C25H23F3N2O3/c26-25(27,28)21(19-12-10-18(11-13-19)17-4-2-1-3-5-17)15-30-23(31)20-8-6-16(7-9-20)14-22(29)24(32)33/h1-13,21-22H,14-15,29H2,(H,30,31)(H,32,33)/t21?,22-/m0/s1. The highest BCUT2D eigenvalue weighted by Gasteiger charge is 2.40. The Kier molecular flexibility index (Phi) is 7.50. The minimum atomic E-state index is -4.54. The van der Waals surface area contributed by atoms with E-state index in [4.69, 9.17) is 10.8 Å². The van der Waals surface area contributed by atoms with Crippen molar-refractivity contribution in [3.05, 3.63) is 95.6 Å². The van der Waals surface area contributed by atoms with E-state index in [2.05, 4.69) is 5.32 Å². The molecule has 0 heterocycles. The smallest absolute Gasteiger partial charge is 0.397 e. The molecule has 0 aliphatic heterocycles. The van der Waals surface area contributed by atoms with Crippen molar-refractivity contribution in [2.75, 3.05) is 6.54 Å². The number of carbonyl (C=O) groups excluding carboxylic acids is 1. The Morgan fingerprint density at radius 3 is 2.00 bits per heavy atom. The highest BCUT2D eigenvalue weighted by Crippen LogP contribution is 2.35. The van der Waals surface area contributed by atoms with E-state index in [0.29, 0.717) is 5.56 Å². The molecular formula is C25H23F3N2O3. The molecule has 0 saturated carbocycles. The minimum Gasteiger partial charge on any atom is -0.480 e. The van der Waals surface area contributed by atoms with Crippen LogP contribution in [0.2, 0.25) is 0 Å². The van der Waals surface area contributed by atoms with Crippen molar-refractivity contribution >= 4 is 11.9 Å². The van der Waals surface area contributed by atoms with Gasteiger partial charge in [-0.2, -0.15) is 13.2 Å². The molecular weight excluding hydrogens is 433 g/mol. The van der Waals surface area contributed by atoms with Gasteiger partial charge in [0.25, 0.3) is 5.91 Å². The van der Waals surface area contributed by atoms with Crippen LogP contribution < -0.4 is 11.1 Å². The van der Waals surface area contributed by atoms with Gasteiger partial charge in [0.2, 0.25) is 0 Å². The highest BCUT2D eigenvalue weighted by molar-refractivity contribution is 5.94. The summed E-state index contributed by atoms with van der Waals surface area (Å²) in [5.74, 6) is -3.66. The summed E-state index contributed by atoms with van der Waals surface area (Å²) in [4.78, 5) is 23.2. The van der Waals surface area contributed by atoms with Gasteiger partial charge in [0.05, 0.1) is 5.92 Å². The van der Waals surface area contributed by atoms with Gasteiger partial charge < -0.3 is 16.2 Å². The Bertz CT molecular complexity index is 1080. The maximum absolute atomic E-state index is 13.7. The van der Waals surface area contributed by atoms with Crippen LogP contribution in [0.3, 0.4) is 0 Å². The Morgan fingerprint density at radius 2 is 1.45 bits per heavy atom. The zero-order chi connectivity index (χ0) is 24.0. The van der Waals surface area contributed by atoms with Crippen molar-refractivity contribution in [1.82, 2.24) is 5.32 Å². The minimum absolute atomic E-state index is 0.0560. The van der Waals surface area contributed by atoms with Gasteiger partial charge in [0.15, 0.2) is 0 Å². The first-order valence-electron chi connectivity index (χ1n) is 10.2. The first-order chi connectivity index (χ1) is 15.6. The lowest BCUT2D eigenvalue weighted by atomic mass is 9.95. The molecule has 0 fully saturated rings. The van der Waals surface area contributed by atoms with Crippen LogP contribution in [-0.4, -0.2) is 35.7 Å². The molecule has 3 aromatic rings. The van der Waals surface area contributed by atoms with Gasteiger partial charge in [-0.1, -0.05) is 66.7 Å². The third-order valence-corrected chi connectivity index (χ3v) is 5.27. The Hall–Kier alpha value is -3.65. The number of amides is 1. The predicted octanol–water partition coefficient (Wildman–Crippen LogP) is 4.38. The molecule has 0 saturated heterocycles. The van der Waals surface area contributed by atoms with E-state index in [9.17, 15) is 22.8 Å². The number of carboxylic acid groups (broad SMARTS) is 1. The number of hydrogen-bond acceptors (Lipinski definition) is 3. The van der Waals surface area contributed by atoms with Crippen LogP contribution in [0.15, 0.2) is 78.9 Å². The number of carbonyl (C=O) groups is 2. The van der Waals surface area contributed by atoms with Crippen LogP contribution in [0.1, 0.15) is 27.4 Å². The van der Waals surface area contributed by atoms with Crippen molar-refractivity contribution in [3.63, 3.8) is 0 Å². The molecule has 3 rings (SSSR count). The summed E-state index contributed by atoms with van der Waals surface area (Å²) >= 11 is 0. The van der Waals surface area contributed by atoms with Gasteiger partial charge in [-0.3, -0.25) is 9.59 Å². The molecule has 8 heteroatoms. The van der Waals surface area contributed by atoms with E-state index in [1.54, 1.807) is 12.1 Å². The van der Waals surface area contributed by atoms with Gasteiger partial charge in [0.1, 0.15) is 6.04 Å². The molecule has 172 valence electrons. The van der Waals surface area contributed by atoms with E-state index < -0.39 is 36.6 Å². The summed E-state index contributed by atoms with van der Waals surface area (Å²) < 4.78 is 41.1. The molecule has 0 aliphatic carbocycles. The van der Waals surface area contributed by atoms with Crippen LogP contribution >= 0.6 is 0 Å². The monoisotopic (exact) mass is 456 g/mol. The highest BCUT2D eigenvalue weighted by atomic mass is 19.4. The molecule has 5 nitrogen and oxygen atoms in total. The second kappa shape index (κ2) is 10.3. The molecule has 2 atom stereocenters. The van der Waals surface area contributed by atoms with E-state index in [0.717, 1.165) is 11.1 Å². The molecule has 33 heavy (non-hydrogen) atoms. The summed E-state index contributed by atoms with van der Waals surface area (Å²) in [5, 5.41) is 11.2. The fourth-order valence-corrected chi connectivity index (χ4v) is 3.39. The summed E-state index contributed by atoms with van der Waals surface area (Å²) in [6, 6.07) is 20.3. The predicted molar refractivity (Wildman–Crippen MR) is 119 cm³/mol. The number of rotatable bonds is 8. The SMILES string of the molecule is N[C@@H](Cc1ccc(C(=O)NCC(c2ccc(-c3ccccc3)cc2)C(F)(F)F)cc1)C(=O)O. The third-order valence-electron chi connectivity index (χ3n) is 5.27. The van der Waals surface area contributed by atoms with Gasteiger partial charge in [-0.05, 0) is 40.8 Å². The fourth-order valence-electron chi connectivity index (χ4n) is 3.39. The maximum atomic E-state index is 13.7. The van der Waals surface area contributed by atoms with E-state index in [1.165, 1.54) is 36.4 Å². The molecule has 1 unspecified atom stereocenters. The molecule has 4 N–H and O–H groups in total. The Morgan fingerprint density at radius 1 is 0.879 bits per heavy atom.